The molecule has 1 heterocycles. The quantitative estimate of drug-likeness (QED) is 0.733. The minimum Gasteiger partial charge on any atom is -0.450 e. The van der Waals surface area contributed by atoms with Gasteiger partial charge in [-0.25, -0.2) is 0 Å². The number of halogens is 2. The molecule has 1 aromatic heterocycles. The van der Waals surface area contributed by atoms with Crippen LogP contribution in [0.2, 0.25) is 10.0 Å². The number of anilines is 1. The molecule has 1 amide bonds. The summed E-state index contributed by atoms with van der Waals surface area (Å²) in [5, 5.41) is 3.79. The summed E-state index contributed by atoms with van der Waals surface area (Å²) in [6, 6.07) is 11.1. The third-order valence-electron chi connectivity index (χ3n) is 3.35. The highest BCUT2D eigenvalue weighted by Gasteiger charge is 2.15. The highest BCUT2D eigenvalue weighted by molar-refractivity contribution is 6.35. The summed E-state index contributed by atoms with van der Waals surface area (Å²) in [7, 11) is 0. The molecule has 1 N–H and O–H groups in total. The van der Waals surface area contributed by atoms with Crippen LogP contribution >= 0.6 is 23.2 Å². The zero-order valence-corrected chi connectivity index (χ0v) is 13.5. The Hall–Kier alpha value is -2.30. The zero-order valence-electron chi connectivity index (χ0n) is 12.0. The van der Waals surface area contributed by atoms with Crippen LogP contribution in [-0.2, 0) is 0 Å². The number of rotatable bonds is 2. The van der Waals surface area contributed by atoms with E-state index in [1.165, 1.54) is 6.07 Å². The first kappa shape index (κ1) is 15.6. The fraction of sp³-hybridized carbons (Fsp3) is 0.0588. The van der Waals surface area contributed by atoms with Gasteiger partial charge in [0.1, 0.15) is 5.58 Å². The van der Waals surface area contributed by atoms with Crippen LogP contribution in [0.1, 0.15) is 16.1 Å². The molecule has 4 nitrogen and oxygen atoms in total. The molecule has 0 aliphatic rings. The van der Waals surface area contributed by atoms with Crippen molar-refractivity contribution in [3.63, 3.8) is 0 Å². The third-order valence-corrected chi connectivity index (χ3v) is 3.92. The summed E-state index contributed by atoms with van der Waals surface area (Å²) >= 11 is 11.9. The lowest BCUT2D eigenvalue weighted by Crippen LogP contribution is -2.15. The maximum atomic E-state index is 12.3. The van der Waals surface area contributed by atoms with E-state index in [0.717, 1.165) is 11.6 Å². The van der Waals surface area contributed by atoms with Crippen LogP contribution in [0.25, 0.3) is 11.0 Å². The number of amides is 1. The van der Waals surface area contributed by atoms with E-state index >= 15 is 0 Å². The Balaban J connectivity index is 2.03. The smallest absolute Gasteiger partial charge is 0.291 e. The molecule has 0 unspecified atom stereocenters. The fourth-order valence-corrected chi connectivity index (χ4v) is 2.54. The topological polar surface area (TPSA) is 59.3 Å². The number of hydrogen-bond acceptors (Lipinski definition) is 3. The Kier molecular flexibility index (Phi) is 4.11. The number of para-hydroxylation sites is 1. The molecule has 0 saturated carbocycles. The van der Waals surface area contributed by atoms with Crippen molar-refractivity contribution in [3.05, 3.63) is 74.1 Å². The van der Waals surface area contributed by atoms with Crippen molar-refractivity contribution in [2.45, 2.75) is 6.92 Å². The predicted octanol–water partition coefficient (Wildman–Crippen LogP) is 4.66. The van der Waals surface area contributed by atoms with Crippen LogP contribution in [0, 0.1) is 6.92 Å². The maximum absolute atomic E-state index is 12.3. The van der Waals surface area contributed by atoms with Gasteiger partial charge in [-0.3, -0.25) is 9.59 Å². The molecule has 0 radical (unpaired) electrons. The first-order valence-corrected chi connectivity index (χ1v) is 7.51. The molecule has 0 spiro atoms. The number of carbonyl (C=O) groups is 1. The van der Waals surface area contributed by atoms with Crippen LogP contribution in [0.3, 0.4) is 0 Å². The van der Waals surface area contributed by atoms with Crippen LogP contribution in [0.5, 0.6) is 0 Å². The lowest BCUT2D eigenvalue weighted by atomic mass is 10.1. The number of nitrogens with one attached hydrogen (secondary N) is 1. The van der Waals surface area contributed by atoms with Gasteiger partial charge in [0.15, 0.2) is 11.2 Å². The van der Waals surface area contributed by atoms with Crippen molar-refractivity contribution < 1.29 is 9.21 Å². The van der Waals surface area contributed by atoms with E-state index in [9.17, 15) is 9.59 Å². The fourth-order valence-electron chi connectivity index (χ4n) is 2.21. The van der Waals surface area contributed by atoms with Crippen molar-refractivity contribution >= 4 is 45.8 Å². The van der Waals surface area contributed by atoms with Crippen LogP contribution in [-0.4, -0.2) is 5.91 Å². The number of fused-ring (bicyclic) bond motifs is 1. The zero-order chi connectivity index (χ0) is 16.6. The standard InChI is InChI=1S/C17H11Cl2NO3/c1-9-3-2-4-11-14(21)8-15(23-16(9)11)17(22)20-13-7-10(18)5-6-12(13)19/h2-8H,1H3,(H,20,22). The Labute approximate surface area is 141 Å². The summed E-state index contributed by atoms with van der Waals surface area (Å²) in [5.41, 5.74) is 1.23. The van der Waals surface area contributed by atoms with Gasteiger partial charge in [0, 0.05) is 11.1 Å². The van der Waals surface area contributed by atoms with Crippen molar-refractivity contribution in [3.8, 4) is 0 Å². The predicted molar refractivity (Wildman–Crippen MR) is 91.6 cm³/mol. The van der Waals surface area contributed by atoms with Crippen LogP contribution in [0.15, 0.2) is 51.7 Å². The van der Waals surface area contributed by atoms with Gasteiger partial charge in [0.05, 0.1) is 16.1 Å². The lowest BCUT2D eigenvalue weighted by Gasteiger charge is -2.08. The minimum absolute atomic E-state index is 0.0900. The second-order valence-corrected chi connectivity index (χ2v) is 5.85. The second-order valence-electron chi connectivity index (χ2n) is 5.00. The van der Waals surface area contributed by atoms with Gasteiger partial charge in [-0.2, -0.15) is 0 Å². The van der Waals surface area contributed by atoms with Gasteiger partial charge in [-0.1, -0.05) is 35.3 Å². The summed E-state index contributed by atoms with van der Waals surface area (Å²) in [6.07, 6.45) is 0. The number of carbonyl (C=O) groups excluding carboxylic acids is 1. The van der Waals surface area contributed by atoms with Crippen molar-refractivity contribution in [1.29, 1.82) is 0 Å². The van der Waals surface area contributed by atoms with Gasteiger partial charge in [-0.15, -0.1) is 0 Å². The summed E-state index contributed by atoms with van der Waals surface area (Å²) in [5.74, 6) is -0.663. The van der Waals surface area contributed by atoms with E-state index in [2.05, 4.69) is 5.32 Å². The van der Waals surface area contributed by atoms with Gasteiger partial charge in [-0.05, 0) is 36.8 Å². The minimum atomic E-state index is -0.573. The van der Waals surface area contributed by atoms with Gasteiger partial charge >= 0.3 is 0 Å². The average Bonchev–Trinajstić information content (AvgIpc) is 2.51. The van der Waals surface area contributed by atoms with E-state index < -0.39 is 5.91 Å². The molecule has 0 saturated heterocycles. The Morgan fingerprint density at radius 2 is 1.91 bits per heavy atom. The number of benzene rings is 2. The largest absolute Gasteiger partial charge is 0.450 e. The molecule has 23 heavy (non-hydrogen) atoms. The Bertz CT molecular complexity index is 979. The summed E-state index contributed by atoms with van der Waals surface area (Å²) in [6.45, 7) is 1.81. The summed E-state index contributed by atoms with van der Waals surface area (Å²) < 4.78 is 5.59. The first-order valence-electron chi connectivity index (χ1n) is 6.75. The van der Waals surface area contributed by atoms with E-state index in [1.54, 1.807) is 37.3 Å². The number of aryl methyl sites for hydroxylation is 1. The molecule has 2 aromatic carbocycles. The van der Waals surface area contributed by atoms with Crippen LogP contribution < -0.4 is 10.7 Å². The van der Waals surface area contributed by atoms with Gasteiger partial charge in [0.25, 0.3) is 5.91 Å². The number of hydrogen-bond donors (Lipinski definition) is 1. The average molecular weight is 348 g/mol. The molecule has 0 aliphatic heterocycles. The summed E-state index contributed by atoms with van der Waals surface area (Å²) in [4.78, 5) is 24.5. The van der Waals surface area contributed by atoms with E-state index in [1.807, 2.05) is 0 Å². The Morgan fingerprint density at radius 1 is 1.13 bits per heavy atom. The van der Waals surface area contributed by atoms with Crippen molar-refractivity contribution in [2.24, 2.45) is 0 Å². The van der Waals surface area contributed by atoms with Crippen molar-refractivity contribution in [1.82, 2.24) is 0 Å². The molecule has 3 rings (SSSR count). The normalized spacial score (nSPS) is 10.7. The Morgan fingerprint density at radius 3 is 2.70 bits per heavy atom. The molecule has 0 bridgehead atoms. The highest BCUT2D eigenvalue weighted by atomic mass is 35.5. The van der Waals surface area contributed by atoms with E-state index in [4.69, 9.17) is 27.6 Å². The molecule has 0 atom stereocenters. The van der Waals surface area contributed by atoms with Gasteiger partial charge in [0.2, 0.25) is 0 Å². The molecule has 116 valence electrons. The monoisotopic (exact) mass is 347 g/mol. The SMILES string of the molecule is Cc1cccc2c(=O)cc(C(=O)Nc3cc(Cl)ccc3Cl)oc12. The lowest BCUT2D eigenvalue weighted by molar-refractivity contribution is 0.0997. The first-order chi connectivity index (χ1) is 11.0. The highest BCUT2D eigenvalue weighted by Crippen LogP contribution is 2.26. The van der Waals surface area contributed by atoms with E-state index in [-0.39, 0.29) is 11.2 Å². The second kappa shape index (κ2) is 6.07. The maximum Gasteiger partial charge on any atom is 0.291 e. The van der Waals surface area contributed by atoms with E-state index in [0.29, 0.717) is 26.7 Å². The molecule has 6 heteroatoms. The van der Waals surface area contributed by atoms with Crippen LogP contribution in [0.4, 0.5) is 5.69 Å². The molecule has 0 fully saturated rings. The molecular weight excluding hydrogens is 337 g/mol. The van der Waals surface area contributed by atoms with Crippen molar-refractivity contribution in [2.75, 3.05) is 5.32 Å². The third kappa shape index (κ3) is 3.09. The molecule has 0 aliphatic carbocycles. The molecule has 3 aromatic rings. The van der Waals surface area contributed by atoms with Gasteiger partial charge < -0.3 is 9.73 Å². The molecular formula is C17H11Cl2NO3.